The van der Waals surface area contributed by atoms with Gasteiger partial charge in [-0.25, -0.2) is 0 Å². The lowest BCUT2D eigenvalue weighted by Crippen LogP contribution is -2.25. The van der Waals surface area contributed by atoms with E-state index in [1.807, 2.05) is 0 Å². The summed E-state index contributed by atoms with van der Waals surface area (Å²) in [5, 5.41) is 3.69. The van der Waals surface area contributed by atoms with E-state index in [9.17, 15) is 0 Å². The van der Waals surface area contributed by atoms with Crippen LogP contribution in [0.4, 0.5) is 0 Å². The number of benzene rings is 1. The van der Waals surface area contributed by atoms with Crippen molar-refractivity contribution in [3.05, 3.63) is 28.2 Å². The molecule has 2 nitrogen and oxygen atoms in total. The van der Waals surface area contributed by atoms with E-state index in [1.54, 1.807) is 7.11 Å². The third kappa shape index (κ3) is 3.29. The predicted octanol–water partition coefficient (Wildman–Crippen LogP) is 4.93. The summed E-state index contributed by atoms with van der Waals surface area (Å²) in [6.45, 7) is 3.22. The highest BCUT2D eigenvalue weighted by molar-refractivity contribution is 9.10. The highest BCUT2D eigenvalue weighted by atomic mass is 79.9. The second-order valence-corrected chi connectivity index (χ2v) is 7.52. The van der Waals surface area contributed by atoms with Crippen molar-refractivity contribution in [2.45, 2.75) is 45.1 Å². The van der Waals surface area contributed by atoms with Gasteiger partial charge in [-0.2, -0.15) is 0 Å². The summed E-state index contributed by atoms with van der Waals surface area (Å²) in [6.07, 6.45) is 7.19. The zero-order valence-electron chi connectivity index (χ0n) is 13.1. The Balaban J connectivity index is 1.74. The second kappa shape index (κ2) is 6.70. The molecule has 1 aromatic rings. The first kappa shape index (κ1) is 15.4. The van der Waals surface area contributed by atoms with Crippen LogP contribution in [0.25, 0.3) is 0 Å². The SMILES string of the molecule is CCNC(CC1CC2CCC1C2)c1ccc(OC)cc1Br. The van der Waals surface area contributed by atoms with E-state index >= 15 is 0 Å². The van der Waals surface area contributed by atoms with E-state index in [-0.39, 0.29) is 0 Å². The van der Waals surface area contributed by atoms with Crippen molar-refractivity contribution in [3.8, 4) is 5.75 Å². The molecule has 3 heteroatoms. The van der Waals surface area contributed by atoms with Crippen LogP contribution >= 0.6 is 15.9 Å². The number of halogens is 1. The minimum absolute atomic E-state index is 0.458. The molecule has 0 amide bonds. The average molecular weight is 352 g/mol. The fourth-order valence-corrected chi connectivity index (χ4v) is 5.09. The molecule has 0 saturated heterocycles. The molecule has 0 aliphatic heterocycles. The topological polar surface area (TPSA) is 21.3 Å². The minimum Gasteiger partial charge on any atom is -0.497 e. The van der Waals surface area contributed by atoms with E-state index in [0.717, 1.165) is 34.5 Å². The van der Waals surface area contributed by atoms with Gasteiger partial charge in [0.25, 0.3) is 0 Å². The quantitative estimate of drug-likeness (QED) is 0.783. The number of ether oxygens (including phenoxy) is 1. The Morgan fingerprint density at radius 1 is 1.33 bits per heavy atom. The van der Waals surface area contributed by atoms with Gasteiger partial charge in [-0.05, 0) is 67.7 Å². The third-order valence-corrected chi connectivity index (χ3v) is 6.14. The Morgan fingerprint density at radius 2 is 2.19 bits per heavy atom. The van der Waals surface area contributed by atoms with Crippen molar-refractivity contribution in [2.75, 3.05) is 13.7 Å². The molecule has 2 aliphatic carbocycles. The fraction of sp³-hybridized carbons (Fsp3) is 0.667. The van der Waals surface area contributed by atoms with Gasteiger partial charge in [-0.1, -0.05) is 35.3 Å². The van der Waals surface area contributed by atoms with Crippen LogP contribution in [0.3, 0.4) is 0 Å². The molecule has 21 heavy (non-hydrogen) atoms. The summed E-state index contributed by atoms with van der Waals surface area (Å²) < 4.78 is 6.48. The molecule has 0 radical (unpaired) electrons. The standard InChI is InChI=1S/C18H26BrNO/c1-3-20-18(10-14-9-12-4-5-13(14)8-12)16-7-6-15(21-2)11-17(16)19/h6-7,11-14,18,20H,3-5,8-10H2,1-2H3. The maximum atomic E-state index is 5.31. The maximum Gasteiger partial charge on any atom is 0.120 e. The van der Waals surface area contributed by atoms with Gasteiger partial charge in [0.05, 0.1) is 7.11 Å². The van der Waals surface area contributed by atoms with Gasteiger partial charge in [0, 0.05) is 10.5 Å². The normalized spacial score (nSPS) is 28.8. The van der Waals surface area contributed by atoms with Crippen molar-refractivity contribution in [2.24, 2.45) is 17.8 Å². The molecule has 4 atom stereocenters. The Labute approximate surface area is 136 Å². The summed E-state index contributed by atoms with van der Waals surface area (Å²) >= 11 is 3.73. The lowest BCUT2D eigenvalue weighted by atomic mass is 9.82. The number of rotatable bonds is 6. The second-order valence-electron chi connectivity index (χ2n) is 6.67. The number of hydrogen-bond acceptors (Lipinski definition) is 2. The van der Waals surface area contributed by atoms with Crippen LogP contribution in [0.2, 0.25) is 0 Å². The average Bonchev–Trinajstić information content (AvgIpc) is 3.09. The van der Waals surface area contributed by atoms with Crippen LogP contribution in [0.1, 0.15) is 50.6 Å². The van der Waals surface area contributed by atoms with E-state index < -0.39 is 0 Å². The molecule has 2 fully saturated rings. The first-order valence-corrected chi connectivity index (χ1v) is 9.07. The lowest BCUT2D eigenvalue weighted by Gasteiger charge is -2.28. The summed E-state index contributed by atoms with van der Waals surface area (Å²) in [4.78, 5) is 0. The van der Waals surface area contributed by atoms with E-state index in [1.165, 1.54) is 37.7 Å². The van der Waals surface area contributed by atoms with Crippen LogP contribution in [0, 0.1) is 17.8 Å². The van der Waals surface area contributed by atoms with Crippen molar-refractivity contribution < 1.29 is 4.74 Å². The molecule has 2 saturated carbocycles. The summed E-state index contributed by atoms with van der Waals surface area (Å²) in [7, 11) is 1.72. The molecule has 2 aliphatic rings. The van der Waals surface area contributed by atoms with Crippen molar-refractivity contribution >= 4 is 15.9 Å². The molecule has 0 heterocycles. The van der Waals surface area contributed by atoms with Crippen LogP contribution < -0.4 is 10.1 Å². The van der Waals surface area contributed by atoms with Gasteiger partial charge in [-0.15, -0.1) is 0 Å². The molecule has 1 N–H and O–H groups in total. The molecular formula is C18H26BrNO. The van der Waals surface area contributed by atoms with Crippen molar-refractivity contribution in [1.29, 1.82) is 0 Å². The summed E-state index contributed by atoms with van der Waals surface area (Å²) in [5.74, 6) is 3.86. The van der Waals surface area contributed by atoms with Crippen molar-refractivity contribution in [3.63, 3.8) is 0 Å². The fourth-order valence-electron chi connectivity index (χ4n) is 4.45. The van der Waals surface area contributed by atoms with E-state index in [4.69, 9.17) is 4.74 Å². The molecule has 3 rings (SSSR count). The summed E-state index contributed by atoms with van der Waals surface area (Å²) in [5.41, 5.74) is 1.38. The number of methoxy groups -OCH3 is 1. The molecule has 2 bridgehead atoms. The number of fused-ring (bicyclic) bond motifs is 2. The Hall–Kier alpha value is -0.540. The zero-order valence-corrected chi connectivity index (χ0v) is 14.7. The van der Waals surface area contributed by atoms with Gasteiger partial charge < -0.3 is 10.1 Å². The summed E-state index contributed by atoms with van der Waals surface area (Å²) in [6, 6.07) is 6.83. The highest BCUT2D eigenvalue weighted by Gasteiger charge is 2.40. The van der Waals surface area contributed by atoms with Gasteiger partial charge >= 0.3 is 0 Å². The zero-order chi connectivity index (χ0) is 14.8. The lowest BCUT2D eigenvalue weighted by molar-refractivity contribution is 0.280. The van der Waals surface area contributed by atoms with Crippen LogP contribution in [0.15, 0.2) is 22.7 Å². The van der Waals surface area contributed by atoms with Gasteiger partial charge in [0.2, 0.25) is 0 Å². The smallest absolute Gasteiger partial charge is 0.120 e. The largest absolute Gasteiger partial charge is 0.497 e. The molecule has 0 aromatic heterocycles. The van der Waals surface area contributed by atoms with Crippen molar-refractivity contribution in [1.82, 2.24) is 5.32 Å². The van der Waals surface area contributed by atoms with Crippen LogP contribution in [-0.4, -0.2) is 13.7 Å². The molecule has 116 valence electrons. The first-order chi connectivity index (χ1) is 10.2. The van der Waals surface area contributed by atoms with Gasteiger partial charge in [0.1, 0.15) is 5.75 Å². The van der Waals surface area contributed by atoms with Crippen LogP contribution in [-0.2, 0) is 0 Å². The first-order valence-electron chi connectivity index (χ1n) is 8.28. The molecule has 0 spiro atoms. The van der Waals surface area contributed by atoms with E-state index in [2.05, 4.69) is 46.4 Å². The predicted molar refractivity (Wildman–Crippen MR) is 90.7 cm³/mol. The van der Waals surface area contributed by atoms with Crippen LogP contribution in [0.5, 0.6) is 5.75 Å². The number of nitrogens with one attached hydrogen (secondary N) is 1. The maximum absolute atomic E-state index is 5.31. The Kier molecular flexibility index (Phi) is 4.90. The third-order valence-electron chi connectivity index (χ3n) is 5.46. The van der Waals surface area contributed by atoms with E-state index in [0.29, 0.717) is 6.04 Å². The highest BCUT2D eigenvalue weighted by Crippen LogP contribution is 2.51. The van der Waals surface area contributed by atoms with Gasteiger partial charge in [-0.3, -0.25) is 0 Å². The number of hydrogen-bond donors (Lipinski definition) is 1. The van der Waals surface area contributed by atoms with Gasteiger partial charge in [0.15, 0.2) is 0 Å². The molecular weight excluding hydrogens is 326 g/mol. The minimum atomic E-state index is 0.458. The molecule has 4 unspecified atom stereocenters. The Bertz CT molecular complexity index is 490. The monoisotopic (exact) mass is 351 g/mol. The Morgan fingerprint density at radius 3 is 2.76 bits per heavy atom. The molecule has 1 aromatic carbocycles.